The molecule has 1 rings (SSSR count). The van der Waals surface area contributed by atoms with E-state index in [-0.39, 0.29) is 12.6 Å². The van der Waals surface area contributed by atoms with Crippen LogP contribution < -0.4 is 11.1 Å². The van der Waals surface area contributed by atoms with E-state index >= 15 is 0 Å². The monoisotopic (exact) mass is 188 g/mol. The van der Waals surface area contributed by atoms with Crippen molar-refractivity contribution in [3.05, 3.63) is 0 Å². The van der Waals surface area contributed by atoms with E-state index in [1.54, 1.807) is 0 Å². The largest absolute Gasteiger partial charge is 0.327 e. The number of alkyl halides is 1. The minimum atomic E-state index is -1.17. The zero-order valence-electron chi connectivity index (χ0n) is 8.48. The third kappa shape index (κ3) is 2.64. The van der Waals surface area contributed by atoms with Crippen molar-refractivity contribution < 1.29 is 4.39 Å². The summed E-state index contributed by atoms with van der Waals surface area (Å²) in [6.07, 6.45) is 4.69. The Kier molecular flexibility index (Phi) is 4.13. The zero-order valence-corrected chi connectivity index (χ0v) is 8.48. The average molecular weight is 188 g/mol. The van der Waals surface area contributed by atoms with E-state index < -0.39 is 5.67 Å². The Hall–Kier alpha value is -0.150. The van der Waals surface area contributed by atoms with Crippen molar-refractivity contribution in [2.24, 2.45) is 5.73 Å². The van der Waals surface area contributed by atoms with Gasteiger partial charge < -0.3 is 11.1 Å². The predicted octanol–water partition coefficient (Wildman–Crippen LogP) is 1.60. The lowest BCUT2D eigenvalue weighted by Gasteiger charge is -2.36. The van der Waals surface area contributed by atoms with Gasteiger partial charge in [0.05, 0.1) is 0 Å². The van der Waals surface area contributed by atoms with Crippen molar-refractivity contribution in [1.82, 2.24) is 5.32 Å². The Balaban J connectivity index is 2.51. The maximum Gasteiger partial charge on any atom is 0.138 e. The topological polar surface area (TPSA) is 38.0 Å². The summed E-state index contributed by atoms with van der Waals surface area (Å²) in [6.45, 7) is 3.10. The van der Waals surface area contributed by atoms with Gasteiger partial charge in [0.2, 0.25) is 0 Å². The van der Waals surface area contributed by atoms with Gasteiger partial charge in [0, 0.05) is 12.6 Å². The molecule has 3 N–H and O–H groups in total. The molecule has 2 unspecified atom stereocenters. The number of piperidine rings is 1. The molecule has 13 heavy (non-hydrogen) atoms. The second kappa shape index (κ2) is 4.91. The van der Waals surface area contributed by atoms with Crippen LogP contribution in [-0.4, -0.2) is 24.8 Å². The molecule has 0 amide bonds. The molecule has 0 aromatic carbocycles. The summed E-state index contributed by atoms with van der Waals surface area (Å²) >= 11 is 0. The molecule has 0 radical (unpaired) electrons. The van der Waals surface area contributed by atoms with E-state index in [0.29, 0.717) is 6.42 Å². The van der Waals surface area contributed by atoms with Crippen molar-refractivity contribution in [2.75, 3.05) is 13.1 Å². The van der Waals surface area contributed by atoms with E-state index in [4.69, 9.17) is 5.73 Å². The third-order valence-electron chi connectivity index (χ3n) is 2.94. The first-order chi connectivity index (χ1) is 6.23. The number of nitrogens with two attached hydrogens (primary N) is 1. The lowest BCUT2D eigenvalue weighted by atomic mass is 9.86. The second-order valence-corrected chi connectivity index (χ2v) is 3.99. The number of hydrogen-bond acceptors (Lipinski definition) is 2. The van der Waals surface area contributed by atoms with Crippen LogP contribution in [0.25, 0.3) is 0 Å². The minimum absolute atomic E-state index is 0.00815. The first-order valence-corrected chi connectivity index (χ1v) is 5.35. The van der Waals surface area contributed by atoms with E-state index in [0.717, 1.165) is 25.8 Å². The van der Waals surface area contributed by atoms with Crippen LogP contribution in [0.5, 0.6) is 0 Å². The van der Waals surface area contributed by atoms with Crippen LogP contribution in [0.15, 0.2) is 0 Å². The Morgan fingerprint density at radius 3 is 2.77 bits per heavy atom. The fourth-order valence-electron chi connectivity index (χ4n) is 2.13. The molecular formula is C10H21FN2. The summed E-state index contributed by atoms with van der Waals surface area (Å²) in [4.78, 5) is 0. The number of nitrogens with one attached hydrogen (secondary N) is 1. The zero-order chi connectivity index (χ0) is 9.73. The minimum Gasteiger partial charge on any atom is -0.327 e. The molecular weight excluding hydrogens is 167 g/mol. The first kappa shape index (κ1) is 10.9. The van der Waals surface area contributed by atoms with Gasteiger partial charge in [-0.3, -0.25) is 0 Å². The van der Waals surface area contributed by atoms with Crippen LogP contribution in [0.3, 0.4) is 0 Å². The maximum atomic E-state index is 14.2. The van der Waals surface area contributed by atoms with Gasteiger partial charge in [-0.15, -0.1) is 0 Å². The van der Waals surface area contributed by atoms with Crippen molar-refractivity contribution >= 4 is 0 Å². The maximum absolute atomic E-state index is 14.2. The van der Waals surface area contributed by atoms with Gasteiger partial charge in [0.25, 0.3) is 0 Å². The summed E-state index contributed by atoms with van der Waals surface area (Å²) in [7, 11) is 0. The van der Waals surface area contributed by atoms with Gasteiger partial charge in [-0.25, -0.2) is 4.39 Å². The molecule has 3 heteroatoms. The standard InChI is InChI=1S/C10H21FN2/c1-2-6-10(11,8-12)9-5-3-4-7-13-9/h9,13H,2-8,12H2,1H3. The van der Waals surface area contributed by atoms with Crippen LogP contribution in [0.2, 0.25) is 0 Å². The normalized spacial score (nSPS) is 28.4. The molecule has 2 atom stereocenters. The molecule has 0 bridgehead atoms. The summed E-state index contributed by atoms with van der Waals surface area (Å²) in [5.74, 6) is 0. The first-order valence-electron chi connectivity index (χ1n) is 5.35. The average Bonchev–Trinajstić information content (AvgIpc) is 2.19. The van der Waals surface area contributed by atoms with E-state index in [1.807, 2.05) is 6.92 Å². The van der Waals surface area contributed by atoms with E-state index in [2.05, 4.69) is 5.32 Å². The summed E-state index contributed by atoms with van der Waals surface area (Å²) in [5.41, 5.74) is 4.34. The molecule has 0 saturated carbocycles. The van der Waals surface area contributed by atoms with E-state index in [1.165, 1.54) is 6.42 Å². The summed E-state index contributed by atoms with van der Waals surface area (Å²) in [6, 6.07) is -0.00815. The third-order valence-corrected chi connectivity index (χ3v) is 2.94. The molecule has 1 aliphatic rings. The molecule has 1 heterocycles. The van der Waals surface area contributed by atoms with E-state index in [9.17, 15) is 4.39 Å². The van der Waals surface area contributed by atoms with Gasteiger partial charge in [0.15, 0.2) is 0 Å². The van der Waals surface area contributed by atoms with Crippen molar-refractivity contribution in [2.45, 2.75) is 50.7 Å². The molecule has 0 aliphatic carbocycles. The highest BCUT2D eigenvalue weighted by molar-refractivity contribution is 4.94. The van der Waals surface area contributed by atoms with Crippen LogP contribution in [-0.2, 0) is 0 Å². The fraction of sp³-hybridized carbons (Fsp3) is 1.00. The highest BCUT2D eigenvalue weighted by atomic mass is 19.1. The summed E-state index contributed by atoms with van der Waals surface area (Å²) < 4.78 is 14.2. The Labute approximate surface area is 80.1 Å². The molecule has 0 aromatic rings. The van der Waals surface area contributed by atoms with Crippen molar-refractivity contribution in [3.63, 3.8) is 0 Å². The van der Waals surface area contributed by atoms with Gasteiger partial charge in [-0.05, 0) is 25.8 Å². The fourth-order valence-corrected chi connectivity index (χ4v) is 2.13. The Morgan fingerprint density at radius 2 is 2.31 bits per heavy atom. The number of hydrogen-bond donors (Lipinski definition) is 2. The highest BCUT2D eigenvalue weighted by Gasteiger charge is 2.37. The van der Waals surface area contributed by atoms with Crippen LogP contribution in [0.4, 0.5) is 4.39 Å². The molecule has 2 nitrogen and oxygen atoms in total. The smallest absolute Gasteiger partial charge is 0.138 e. The molecule has 0 spiro atoms. The van der Waals surface area contributed by atoms with Crippen LogP contribution in [0, 0.1) is 0 Å². The quantitative estimate of drug-likeness (QED) is 0.703. The predicted molar refractivity (Wildman–Crippen MR) is 53.4 cm³/mol. The molecule has 78 valence electrons. The number of rotatable bonds is 4. The highest BCUT2D eigenvalue weighted by Crippen LogP contribution is 2.26. The van der Waals surface area contributed by atoms with Gasteiger partial charge >= 0.3 is 0 Å². The number of halogens is 1. The lowest BCUT2D eigenvalue weighted by molar-refractivity contribution is 0.0863. The van der Waals surface area contributed by atoms with Gasteiger partial charge in [-0.2, -0.15) is 0 Å². The lowest BCUT2D eigenvalue weighted by Crippen LogP contribution is -2.53. The SMILES string of the molecule is CCCC(F)(CN)C1CCCCN1. The van der Waals surface area contributed by atoms with Crippen LogP contribution in [0.1, 0.15) is 39.0 Å². The molecule has 0 aromatic heterocycles. The van der Waals surface area contributed by atoms with Crippen molar-refractivity contribution in [3.8, 4) is 0 Å². The Bertz CT molecular complexity index is 146. The van der Waals surface area contributed by atoms with Crippen LogP contribution >= 0.6 is 0 Å². The van der Waals surface area contributed by atoms with Gasteiger partial charge in [-0.1, -0.05) is 19.8 Å². The molecule has 1 aliphatic heterocycles. The second-order valence-electron chi connectivity index (χ2n) is 3.99. The summed E-state index contributed by atoms with van der Waals surface area (Å²) in [5, 5.41) is 3.24. The van der Waals surface area contributed by atoms with Gasteiger partial charge in [0.1, 0.15) is 5.67 Å². The molecule has 1 saturated heterocycles. The molecule has 1 fully saturated rings. The van der Waals surface area contributed by atoms with Crippen molar-refractivity contribution in [1.29, 1.82) is 0 Å². The Morgan fingerprint density at radius 1 is 1.54 bits per heavy atom.